The normalized spacial score (nSPS) is 16.4. The van der Waals surface area contributed by atoms with Gasteiger partial charge >= 0.3 is 0 Å². The molecule has 0 radical (unpaired) electrons. The van der Waals surface area contributed by atoms with Gasteiger partial charge in [-0.3, -0.25) is 9.59 Å². The number of carbonyl (C=O) groups excluding carboxylic acids is 1. The Morgan fingerprint density at radius 3 is 2.61 bits per heavy atom. The molecule has 200 valence electrons. The highest BCUT2D eigenvalue weighted by molar-refractivity contribution is 5.96. The predicted molar refractivity (Wildman–Crippen MR) is 147 cm³/mol. The number of benzene rings is 1. The first kappa shape index (κ1) is 25.7. The maximum atomic E-state index is 13.0. The molecule has 5 rings (SSSR count). The zero-order valence-electron chi connectivity index (χ0n) is 22.3. The molecule has 1 saturated heterocycles. The van der Waals surface area contributed by atoms with E-state index in [2.05, 4.69) is 33.6 Å². The van der Waals surface area contributed by atoms with Crippen LogP contribution in [0.3, 0.4) is 0 Å². The molecule has 1 aliphatic carbocycles. The second-order valence-corrected chi connectivity index (χ2v) is 9.91. The van der Waals surface area contributed by atoms with E-state index in [0.29, 0.717) is 34.0 Å². The molecule has 2 aromatic heterocycles. The van der Waals surface area contributed by atoms with Crippen molar-refractivity contribution in [3.8, 4) is 11.5 Å². The second kappa shape index (κ2) is 10.8. The van der Waals surface area contributed by atoms with Crippen molar-refractivity contribution in [3.63, 3.8) is 0 Å². The Bertz CT molecular complexity index is 1460. The number of rotatable bonds is 7. The second-order valence-electron chi connectivity index (χ2n) is 9.91. The van der Waals surface area contributed by atoms with Crippen molar-refractivity contribution in [3.05, 3.63) is 52.0 Å². The summed E-state index contributed by atoms with van der Waals surface area (Å²) in [5, 5.41) is 6.36. The molecule has 1 fully saturated rings. The lowest BCUT2D eigenvalue weighted by Gasteiger charge is -2.29. The Morgan fingerprint density at radius 1 is 1.13 bits per heavy atom. The summed E-state index contributed by atoms with van der Waals surface area (Å²) in [6.45, 7) is 1.95. The Morgan fingerprint density at radius 2 is 1.92 bits per heavy atom. The number of fused-ring (bicyclic) bond motifs is 1. The molecule has 1 aliphatic heterocycles. The van der Waals surface area contributed by atoms with Gasteiger partial charge in [-0.25, -0.2) is 9.97 Å². The number of methoxy groups -OCH3 is 2. The Balaban J connectivity index is 1.45. The number of ether oxygens (including phenoxy) is 2. The molecule has 0 unspecified atom stereocenters. The number of likely N-dealkylation sites (tertiary alicyclic amines) is 1. The zero-order valence-corrected chi connectivity index (χ0v) is 22.3. The van der Waals surface area contributed by atoms with Crippen molar-refractivity contribution in [2.75, 3.05) is 39.7 Å². The summed E-state index contributed by atoms with van der Waals surface area (Å²) in [5.41, 5.74) is 3.98. The van der Waals surface area contributed by atoms with E-state index in [4.69, 9.17) is 14.5 Å². The minimum Gasteiger partial charge on any atom is -0.495 e. The smallest absolute Gasteiger partial charge is 0.293 e. The van der Waals surface area contributed by atoms with Gasteiger partial charge < -0.3 is 29.6 Å². The van der Waals surface area contributed by atoms with Gasteiger partial charge in [-0.05, 0) is 76.0 Å². The van der Waals surface area contributed by atoms with Crippen molar-refractivity contribution < 1.29 is 14.3 Å². The van der Waals surface area contributed by atoms with Crippen molar-refractivity contribution >= 4 is 34.1 Å². The van der Waals surface area contributed by atoms with Crippen LogP contribution >= 0.6 is 0 Å². The maximum Gasteiger partial charge on any atom is 0.293 e. The van der Waals surface area contributed by atoms with Crippen LogP contribution in [-0.2, 0) is 7.05 Å². The average Bonchev–Trinajstić information content (AvgIpc) is 3.46. The average molecular weight is 519 g/mol. The molecule has 3 heterocycles. The molecule has 3 aromatic rings. The third-order valence-electron chi connectivity index (χ3n) is 7.42. The van der Waals surface area contributed by atoms with E-state index in [-0.39, 0.29) is 23.3 Å². The molecule has 1 aromatic carbocycles. The van der Waals surface area contributed by atoms with Crippen molar-refractivity contribution in [1.82, 2.24) is 24.8 Å². The molecule has 2 N–H and O–H groups in total. The summed E-state index contributed by atoms with van der Waals surface area (Å²) in [4.78, 5) is 37.4. The third-order valence-corrected chi connectivity index (χ3v) is 7.42. The Kier molecular flexibility index (Phi) is 7.33. The van der Waals surface area contributed by atoms with Crippen LogP contribution in [0.4, 0.5) is 11.6 Å². The van der Waals surface area contributed by atoms with Crippen LogP contribution in [-0.4, -0.2) is 65.7 Å². The summed E-state index contributed by atoms with van der Waals surface area (Å²) in [5.74, 6) is 1.02. The van der Waals surface area contributed by atoms with E-state index in [0.717, 1.165) is 56.3 Å². The lowest BCUT2D eigenvalue weighted by atomic mass is 10.0. The highest BCUT2D eigenvalue weighted by Crippen LogP contribution is 2.37. The van der Waals surface area contributed by atoms with Gasteiger partial charge in [0.15, 0.2) is 5.75 Å². The van der Waals surface area contributed by atoms with Gasteiger partial charge in [0.2, 0.25) is 5.95 Å². The van der Waals surface area contributed by atoms with Crippen LogP contribution in [0.1, 0.15) is 48.0 Å². The molecular formula is C28H34N6O4. The number of allylic oxidation sites excluding steroid dienone is 2. The van der Waals surface area contributed by atoms with E-state index in [1.54, 1.807) is 38.6 Å². The molecule has 0 saturated carbocycles. The number of pyridine rings is 1. The van der Waals surface area contributed by atoms with Gasteiger partial charge in [0.25, 0.3) is 11.5 Å². The molecular weight excluding hydrogens is 484 g/mol. The zero-order chi connectivity index (χ0) is 26.8. The monoisotopic (exact) mass is 518 g/mol. The Labute approximate surface area is 221 Å². The number of anilines is 2. The first-order valence-electron chi connectivity index (χ1n) is 13.0. The molecule has 0 bridgehead atoms. The summed E-state index contributed by atoms with van der Waals surface area (Å²) < 4.78 is 12.7. The summed E-state index contributed by atoms with van der Waals surface area (Å²) >= 11 is 0. The quantitative estimate of drug-likeness (QED) is 0.489. The first-order valence-corrected chi connectivity index (χ1v) is 13.0. The number of piperidine rings is 1. The number of hydrogen-bond acceptors (Lipinski definition) is 8. The van der Waals surface area contributed by atoms with Gasteiger partial charge in [0.05, 0.1) is 37.2 Å². The van der Waals surface area contributed by atoms with Crippen molar-refractivity contribution in [2.24, 2.45) is 7.05 Å². The van der Waals surface area contributed by atoms with Crippen molar-refractivity contribution in [2.45, 2.75) is 38.1 Å². The van der Waals surface area contributed by atoms with Gasteiger partial charge in [-0.15, -0.1) is 0 Å². The standard InChI is InChI=1S/C28H34N6O4/c1-33-13-11-19(12-14-33)30-26(35)18-9-10-20(22(15-18)37-3)31-28-29-16-21-24(32-28)23(17-7-5-6-8-17)25(38-4)27(36)34(21)2/h7,9-10,15-16,19H,5-6,8,11-14H2,1-4H3,(H,30,35)(H,29,31,32). The fourth-order valence-electron chi connectivity index (χ4n) is 5.20. The van der Waals surface area contributed by atoms with Gasteiger partial charge in [0.1, 0.15) is 11.3 Å². The van der Waals surface area contributed by atoms with E-state index in [1.807, 2.05) is 0 Å². The number of nitrogens with zero attached hydrogens (tertiary/aromatic N) is 4. The fourth-order valence-corrected chi connectivity index (χ4v) is 5.20. The SMILES string of the molecule is COc1cc(C(=O)NC2CCN(C)CC2)ccc1Nc1ncc2c(n1)c(C1=CCCC1)c(OC)c(=O)n2C. The van der Waals surface area contributed by atoms with Crippen molar-refractivity contribution in [1.29, 1.82) is 0 Å². The number of nitrogens with one attached hydrogen (secondary N) is 2. The van der Waals surface area contributed by atoms with Crippen LogP contribution in [0.5, 0.6) is 11.5 Å². The van der Waals surface area contributed by atoms with Crippen LogP contribution in [0.25, 0.3) is 16.6 Å². The molecule has 10 heteroatoms. The lowest BCUT2D eigenvalue weighted by molar-refractivity contribution is 0.0916. The van der Waals surface area contributed by atoms with Gasteiger partial charge in [0, 0.05) is 18.7 Å². The number of amides is 1. The number of aromatic nitrogens is 3. The summed E-state index contributed by atoms with van der Waals surface area (Å²) in [7, 11) is 6.86. The maximum absolute atomic E-state index is 13.0. The molecule has 2 aliphatic rings. The number of aryl methyl sites for hydroxylation is 1. The van der Waals surface area contributed by atoms with Crippen LogP contribution < -0.4 is 25.7 Å². The highest BCUT2D eigenvalue weighted by Gasteiger charge is 2.23. The van der Waals surface area contributed by atoms with Gasteiger partial charge in [-0.1, -0.05) is 6.08 Å². The fraction of sp³-hybridized carbons (Fsp3) is 0.429. The Hall–Kier alpha value is -3.92. The molecule has 38 heavy (non-hydrogen) atoms. The van der Waals surface area contributed by atoms with Gasteiger partial charge in [-0.2, -0.15) is 0 Å². The van der Waals surface area contributed by atoms with E-state index >= 15 is 0 Å². The highest BCUT2D eigenvalue weighted by atomic mass is 16.5. The topological polar surface area (TPSA) is 111 Å². The minimum atomic E-state index is -0.220. The van der Waals surface area contributed by atoms with Crippen LogP contribution in [0, 0.1) is 0 Å². The molecule has 1 amide bonds. The minimum absolute atomic E-state index is 0.117. The van der Waals surface area contributed by atoms with E-state index < -0.39 is 0 Å². The summed E-state index contributed by atoms with van der Waals surface area (Å²) in [6, 6.07) is 5.44. The predicted octanol–water partition coefficient (Wildman–Crippen LogP) is 3.48. The van der Waals surface area contributed by atoms with E-state index in [1.165, 1.54) is 11.7 Å². The van der Waals surface area contributed by atoms with Crippen LogP contribution in [0.2, 0.25) is 0 Å². The summed E-state index contributed by atoms with van der Waals surface area (Å²) in [6.07, 6.45) is 8.51. The van der Waals surface area contributed by atoms with E-state index in [9.17, 15) is 9.59 Å². The number of hydrogen-bond donors (Lipinski definition) is 2. The number of carbonyl (C=O) groups is 1. The lowest BCUT2D eigenvalue weighted by Crippen LogP contribution is -2.43. The molecule has 10 nitrogen and oxygen atoms in total. The largest absolute Gasteiger partial charge is 0.495 e. The third kappa shape index (κ3) is 4.96. The molecule has 0 spiro atoms. The van der Waals surface area contributed by atoms with Crippen LogP contribution in [0.15, 0.2) is 35.3 Å². The molecule has 0 atom stereocenters. The first-order chi connectivity index (χ1) is 18.4.